The number of nitrogens with zero attached hydrogens (tertiary/aromatic N) is 2. The van der Waals surface area contributed by atoms with E-state index in [0.717, 1.165) is 12.0 Å². The van der Waals surface area contributed by atoms with Gasteiger partial charge in [-0.15, -0.1) is 0 Å². The second-order valence-corrected chi connectivity index (χ2v) is 7.30. The van der Waals surface area contributed by atoms with Crippen molar-refractivity contribution in [2.75, 3.05) is 0 Å². The van der Waals surface area contributed by atoms with Crippen molar-refractivity contribution in [2.24, 2.45) is 0 Å². The molecule has 0 saturated carbocycles. The van der Waals surface area contributed by atoms with Crippen LogP contribution in [0.1, 0.15) is 41.1 Å². The highest BCUT2D eigenvalue weighted by Crippen LogP contribution is 2.20. The first-order chi connectivity index (χ1) is 14.2. The van der Waals surface area contributed by atoms with Gasteiger partial charge in [0.1, 0.15) is 6.04 Å². The van der Waals surface area contributed by atoms with E-state index in [1.807, 2.05) is 6.07 Å². The molecular formula is C25H26N3O+. The van der Waals surface area contributed by atoms with Gasteiger partial charge in [-0.2, -0.15) is 4.98 Å². The molecule has 29 heavy (non-hydrogen) atoms. The maximum atomic E-state index is 5.52. The number of nitrogens with two attached hydrogens (primary N) is 1. The van der Waals surface area contributed by atoms with Gasteiger partial charge in [0.05, 0.1) is 0 Å². The number of benzene rings is 3. The van der Waals surface area contributed by atoms with Crippen LogP contribution in [-0.2, 0) is 13.0 Å². The zero-order chi connectivity index (χ0) is 20.1. The highest BCUT2D eigenvalue weighted by molar-refractivity contribution is 5.54. The maximum absolute atomic E-state index is 5.52. The van der Waals surface area contributed by atoms with E-state index < -0.39 is 0 Å². The summed E-state index contributed by atoms with van der Waals surface area (Å²) in [4.78, 5) is 4.60. The van der Waals surface area contributed by atoms with Crippen LogP contribution in [0.2, 0.25) is 0 Å². The zero-order valence-corrected chi connectivity index (χ0v) is 16.9. The number of hydrogen-bond acceptors (Lipinski definition) is 3. The molecule has 4 nitrogen and oxygen atoms in total. The number of aromatic nitrogens is 2. The third-order valence-corrected chi connectivity index (χ3v) is 5.21. The van der Waals surface area contributed by atoms with Gasteiger partial charge in [-0.05, 0) is 18.9 Å². The van der Waals surface area contributed by atoms with Crippen molar-refractivity contribution in [3.05, 3.63) is 107 Å². The van der Waals surface area contributed by atoms with E-state index in [9.17, 15) is 0 Å². The number of aryl methyl sites for hydroxylation is 2. The van der Waals surface area contributed by atoms with E-state index in [-0.39, 0.29) is 6.04 Å². The van der Waals surface area contributed by atoms with Crippen LogP contribution >= 0.6 is 0 Å². The molecule has 1 aromatic heterocycles. The van der Waals surface area contributed by atoms with Gasteiger partial charge in [-0.3, -0.25) is 0 Å². The third kappa shape index (κ3) is 4.61. The lowest BCUT2D eigenvalue weighted by atomic mass is 9.98. The first-order valence-electron chi connectivity index (χ1n) is 10.1. The quantitative estimate of drug-likeness (QED) is 0.512. The van der Waals surface area contributed by atoms with Gasteiger partial charge < -0.3 is 9.84 Å². The smallest absolute Gasteiger partial charge is 0.282 e. The lowest BCUT2D eigenvalue weighted by Crippen LogP contribution is -2.84. The topological polar surface area (TPSA) is 55.5 Å². The van der Waals surface area contributed by atoms with Crippen molar-refractivity contribution < 1.29 is 9.84 Å². The first-order valence-corrected chi connectivity index (χ1v) is 10.1. The molecule has 0 fully saturated rings. The maximum Gasteiger partial charge on any atom is 0.282 e. The van der Waals surface area contributed by atoms with Gasteiger partial charge in [0, 0.05) is 16.7 Å². The summed E-state index contributed by atoms with van der Waals surface area (Å²) in [6, 6.07) is 27.7. The summed E-state index contributed by atoms with van der Waals surface area (Å²) in [6.07, 6.45) is 1.02. The molecule has 3 aromatic carbocycles. The Morgan fingerprint density at radius 3 is 2.24 bits per heavy atom. The van der Waals surface area contributed by atoms with Gasteiger partial charge in [-0.1, -0.05) is 96.5 Å². The Labute approximate surface area is 171 Å². The van der Waals surface area contributed by atoms with Crippen LogP contribution in [0.5, 0.6) is 0 Å². The summed E-state index contributed by atoms with van der Waals surface area (Å²) in [5.74, 6) is 1.27. The minimum atomic E-state index is 0.177. The summed E-state index contributed by atoms with van der Waals surface area (Å²) < 4.78 is 5.52. The minimum Gasteiger partial charge on any atom is -0.333 e. The molecular weight excluding hydrogens is 358 g/mol. The lowest BCUT2D eigenvalue weighted by molar-refractivity contribution is -0.704. The Bertz CT molecular complexity index is 1040. The minimum absolute atomic E-state index is 0.177. The third-order valence-electron chi connectivity index (χ3n) is 5.21. The Morgan fingerprint density at radius 1 is 0.862 bits per heavy atom. The van der Waals surface area contributed by atoms with Gasteiger partial charge in [-0.25, -0.2) is 0 Å². The summed E-state index contributed by atoms with van der Waals surface area (Å²) >= 11 is 0. The monoisotopic (exact) mass is 384 g/mol. The fourth-order valence-electron chi connectivity index (χ4n) is 3.46. The normalized spacial score (nSPS) is 12.1. The highest BCUT2D eigenvalue weighted by Gasteiger charge is 2.19. The van der Waals surface area contributed by atoms with Crippen LogP contribution in [-0.4, -0.2) is 10.1 Å². The average molecular weight is 385 g/mol. The number of hydrogen-bond donors (Lipinski definition) is 1. The SMILES string of the molecule is CCc1ccc(-c2noc(C[NH2+][C@H](c3ccccc3)c3ccc(C)cc3)n2)cc1. The van der Waals surface area contributed by atoms with Gasteiger partial charge in [0.25, 0.3) is 5.89 Å². The molecule has 0 unspecified atom stereocenters. The van der Waals surface area contributed by atoms with Crippen LogP contribution in [0.25, 0.3) is 11.4 Å². The van der Waals surface area contributed by atoms with Crippen molar-refractivity contribution in [3.63, 3.8) is 0 Å². The molecule has 2 N–H and O–H groups in total. The van der Waals surface area contributed by atoms with Crippen LogP contribution < -0.4 is 5.32 Å². The van der Waals surface area contributed by atoms with Crippen molar-refractivity contribution in [1.82, 2.24) is 10.1 Å². The van der Waals surface area contributed by atoms with Crippen LogP contribution in [0.3, 0.4) is 0 Å². The van der Waals surface area contributed by atoms with Crippen LogP contribution in [0, 0.1) is 6.92 Å². The van der Waals surface area contributed by atoms with E-state index in [4.69, 9.17) is 4.52 Å². The highest BCUT2D eigenvalue weighted by atomic mass is 16.5. The molecule has 0 spiro atoms. The molecule has 4 rings (SSSR count). The van der Waals surface area contributed by atoms with Gasteiger partial charge in [0.15, 0.2) is 6.54 Å². The Hall–Kier alpha value is -3.24. The molecule has 0 amide bonds. The summed E-state index contributed by atoms with van der Waals surface area (Å²) in [5.41, 5.74) is 6.06. The second-order valence-electron chi connectivity index (χ2n) is 7.30. The number of quaternary nitrogens is 1. The van der Waals surface area contributed by atoms with E-state index in [0.29, 0.717) is 18.3 Å². The van der Waals surface area contributed by atoms with E-state index in [1.165, 1.54) is 22.3 Å². The summed E-state index contributed by atoms with van der Waals surface area (Å²) in [6.45, 7) is 4.88. The van der Waals surface area contributed by atoms with E-state index in [2.05, 4.69) is 102 Å². The second kappa shape index (κ2) is 8.84. The van der Waals surface area contributed by atoms with Crippen molar-refractivity contribution in [3.8, 4) is 11.4 Å². The van der Waals surface area contributed by atoms with Crippen molar-refractivity contribution in [2.45, 2.75) is 32.9 Å². The largest absolute Gasteiger partial charge is 0.333 e. The van der Waals surface area contributed by atoms with E-state index in [1.54, 1.807) is 0 Å². The summed E-state index contributed by atoms with van der Waals surface area (Å²) in [5, 5.41) is 6.42. The molecule has 1 heterocycles. The van der Waals surface area contributed by atoms with Crippen LogP contribution in [0.15, 0.2) is 83.4 Å². The molecule has 0 aliphatic rings. The van der Waals surface area contributed by atoms with Crippen molar-refractivity contribution in [1.29, 1.82) is 0 Å². The molecule has 0 bridgehead atoms. The molecule has 4 heteroatoms. The predicted octanol–water partition coefficient (Wildman–Crippen LogP) is 4.46. The molecule has 0 aliphatic carbocycles. The van der Waals surface area contributed by atoms with E-state index >= 15 is 0 Å². The Balaban J connectivity index is 1.52. The van der Waals surface area contributed by atoms with Crippen LogP contribution in [0.4, 0.5) is 0 Å². The fraction of sp³-hybridized carbons (Fsp3) is 0.200. The standard InChI is InChI=1S/C25H25N3O/c1-3-19-11-15-22(16-12-19)25-27-23(29-28-25)17-26-24(20-7-5-4-6-8-20)21-13-9-18(2)10-14-21/h4-16,24,26H,3,17H2,1-2H3/p+1/t24-/m1/s1. The molecule has 0 saturated heterocycles. The zero-order valence-electron chi connectivity index (χ0n) is 16.9. The number of rotatable bonds is 7. The molecule has 1 atom stereocenters. The lowest BCUT2D eigenvalue weighted by Gasteiger charge is -2.16. The molecule has 146 valence electrons. The molecule has 0 aliphatic heterocycles. The summed E-state index contributed by atoms with van der Waals surface area (Å²) in [7, 11) is 0. The molecule has 4 aromatic rings. The first kappa shape index (κ1) is 19.1. The fourth-order valence-corrected chi connectivity index (χ4v) is 3.46. The Kier molecular flexibility index (Phi) is 5.82. The Morgan fingerprint density at radius 2 is 1.55 bits per heavy atom. The average Bonchev–Trinajstić information content (AvgIpc) is 3.25. The van der Waals surface area contributed by atoms with Crippen molar-refractivity contribution >= 4 is 0 Å². The van der Waals surface area contributed by atoms with Gasteiger partial charge in [0.2, 0.25) is 5.82 Å². The predicted molar refractivity (Wildman–Crippen MR) is 114 cm³/mol. The van der Waals surface area contributed by atoms with Gasteiger partial charge >= 0.3 is 0 Å². The molecule has 0 radical (unpaired) electrons.